The molecule has 2 fully saturated rings. The second-order valence-electron chi connectivity index (χ2n) is 5.32. The first-order chi connectivity index (χ1) is 9.11. The van der Waals surface area contributed by atoms with E-state index in [-0.39, 0.29) is 17.5 Å². The molecule has 0 radical (unpaired) electrons. The molecule has 2 saturated heterocycles. The number of hydrogen-bond acceptors (Lipinski definition) is 3. The van der Waals surface area contributed by atoms with Crippen LogP contribution in [0.5, 0.6) is 0 Å². The molecule has 2 aliphatic heterocycles. The summed E-state index contributed by atoms with van der Waals surface area (Å²) in [5, 5.41) is 6.94. The molecule has 0 aromatic carbocycles. The smallest absolute Gasteiger partial charge is 0.317 e. The number of thiophene rings is 1. The number of aryl methyl sites for hydroxylation is 1. The van der Waals surface area contributed by atoms with Crippen LogP contribution in [0.3, 0.4) is 0 Å². The minimum absolute atomic E-state index is 0.0367. The molecule has 6 heteroatoms. The molecule has 0 aliphatic carbocycles. The van der Waals surface area contributed by atoms with Gasteiger partial charge in [-0.2, -0.15) is 11.3 Å². The highest BCUT2D eigenvalue weighted by Gasteiger charge is 2.53. The maximum atomic E-state index is 12.1. The number of nitrogens with one attached hydrogen (secondary N) is 1. The summed E-state index contributed by atoms with van der Waals surface area (Å²) in [6.07, 6.45) is 1.36. The Kier molecular flexibility index (Phi) is 2.97. The molecule has 0 unspecified atom stereocenters. The van der Waals surface area contributed by atoms with Crippen molar-refractivity contribution >= 4 is 23.3 Å². The molecular formula is C13H17N3O2S. The van der Waals surface area contributed by atoms with Crippen LogP contribution in [-0.4, -0.2) is 54.0 Å². The number of hydrogen-bond donors (Lipinski definition) is 1. The number of urea groups is 1. The lowest BCUT2D eigenvalue weighted by Gasteiger charge is -2.50. The van der Waals surface area contributed by atoms with E-state index in [1.807, 2.05) is 10.3 Å². The fourth-order valence-electron chi connectivity index (χ4n) is 2.70. The van der Waals surface area contributed by atoms with Crippen LogP contribution in [0, 0.1) is 0 Å². The molecule has 0 saturated carbocycles. The van der Waals surface area contributed by atoms with Crippen LogP contribution >= 0.6 is 11.3 Å². The van der Waals surface area contributed by atoms with E-state index in [1.54, 1.807) is 23.3 Å². The van der Waals surface area contributed by atoms with Crippen LogP contribution in [-0.2, 0) is 11.2 Å². The second-order valence-corrected chi connectivity index (χ2v) is 6.10. The van der Waals surface area contributed by atoms with Crippen LogP contribution < -0.4 is 5.32 Å². The summed E-state index contributed by atoms with van der Waals surface area (Å²) >= 11 is 1.66. The zero-order valence-corrected chi connectivity index (χ0v) is 11.7. The molecule has 0 bridgehead atoms. The fraction of sp³-hybridized carbons (Fsp3) is 0.538. The predicted octanol–water partition coefficient (Wildman–Crippen LogP) is 0.917. The first-order valence-corrected chi connectivity index (χ1v) is 7.35. The molecule has 3 heterocycles. The van der Waals surface area contributed by atoms with Crippen LogP contribution in [0.1, 0.15) is 12.0 Å². The summed E-state index contributed by atoms with van der Waals surface area (Å²) in [5.41, 5.74) is 1.07. The Morgan fingerprint density at radius 1 is 1.53 bits per heavy atom. The first-order valence-electron chi connectivity index (χ1n) is 6.41. The lowest BCUT2D eigenvalue weighted by Crippen LogP contribution is -2.70. The van der Waals surface area contributed by atoms with Gasteiger partial charge in [-0.25, -0.2) is 4.79 Å². The van der Waals surface area contributed by atoms with Crippen molar-refractivity contribution in [1.29, 1.82) is 0 Å². The Morgan fingerprint density at radius 3 is 2.89 bits per heavy atom. The van der Waals surface area contributed by atoms with Crippen molar-refractivity contribution in [2.75, 3.05) is 26.7 Å². The minimum Gasteiger partial charge on any atom is -0.338 e. The van der Waals surface area contributed by atoms with Crippen molar-refractivity contribution in [2.24, 2.45) is 0 Å². The van der Waals surface area contributed by atoms with Gasteiger partial charge in [-0.1, -0.05) is 0 Å². The Balaban J connectivity index is 1.50. The standard InChI is InChI=1S/C13H17N3O2S/c1-15-12(18)14-7-13(15)8-16(9-13)11(17)3-2-10-4-5-19-6-10/h4-6H,2-3,7-9H2,1H3,(H,14,18). The Bertz CT molecular complexity index is 494. The van der Waals surface area contributed by atoms with Crippen LogP contribution in [0.15, 0.2) is 16.8 Å². The monoisotopic (exact) mass is 279 g/mol. The van der Waals surface area contributed by atoms with Crippen molar-refractivity contribution in [3.8, 4) is 0 Å². The van der Waals surface area contributed by atoms with Gasteiger partial charge in [-0.05, 0) is 28.8 Å². The largest absolute Gasteiger partial charge is 0.338 e. The van der Waals surface area contributed by atoms with E-state index < -0.39 is 0 Å². The lowest BCUT2D eigenvalue weighted by molar-refractivity contribution is -0.141. The van der Waals surface area contributed by atoms with Crippen molar-refractivity contribution in [3.63, 3.8) is 0 Å². The summed E-state index contributed by atoms with van der Waals surface area (Å²) < 4.78 is 0. The average Bonchev–Trinajstić information content (AvgIpc) is 2.95. The summed E-state index contributed by atoms with van der Waals surface area (Å²) in [7, 11) is 1.80. The molecule has 1 N–H and O–H groups in total. The first kappa shape index (κ1) is 12.5. The molecule has 3 rings (SSSR count). The molecule has 102 valence electrons. The van der Waals surface area contributed by atoms with E-state index in [4.69, 9.17) is 0 Å². The number of nitrogens with zero attached hydrogens (tertiary/aromatic N) is 2. The van der Waals surface area contributed by atoms with Crippen LogP contribution in [0.25, 0.3) is 0 Å². The van der Waals surface area contributed by atoms with Gasteiger partial charge in [0.15, 0.2) is 0 Å². The van der Waals surface area contributed by atoms with E-state index in [1.165, 1.54) is 5.56 Å². The summed E-state index contributed by atoms with van der Waals surface area (Å²) in [6, 6.07) is 2.02. The molecule has 3 amide bonds. The van der Waals surface area contributed by atoms with Gasteiger partial charge >= 0.3 is 6.03 Å². The highest BCUT2D eigenvalue weighted by Crippen LogP contribution is 2.30. The number of carbonyl (C=O) groups excluding carboxylic acids is 2. The van der Waals surface area contributed by atoms with Gasteiger partial charge in [-0.3, -0.25) is 4.79 Å². The van der Waals surface area contributed by atoms with Crippen LogP contribution in [0.2, 0.25) is 0 Å². The minimum atomic E-state index is -0.158. The highest BCUT2D eigenvalue weighted by atomic mass is 32.1. The summed E-state index contributed by atoms with van der Waals surface area (Å²) in [4.78, 5) is 27.1. The second kappa shape index (κ2) is 4.52. The molecule has 19 heavy (non-hydrogen) atoms. The Morgan fingerprint density at radius 2 is 2.32 bits per heavy atom. The van der Waals surface area contributed by atoms with E-state index in [9.17, 15) is 9.59 Å². The predicted molar refractivity (Wildman–Crippen MR) is 73.1 cm³/mol. The fourth-order valence-corrected chi connectivity index (χ4v) is 3.40. The molecule has 2 aliphatic rings. The maximum absolute atomic E-state index is 12.1. The third-order valence-corrected chi connectivity index (χ3v) is 4.85. The highest BCUT2D eigenvalue weighted by molar-refractivity contribution is 7.07. The third-order valence-electron chi connectivity index (χ3n) is 4.12. The number of rotatable bonds is 3. The van der Waals surface area contributed by atoms with Crippen LogP contribution in [0.4, 0.5) is 4.79 Å². The van der Waals surface area contributed by atoms with E-state index >= 15 is 0 Å². The van der Waals surface area contributed by atoms with Crippen molar-refractivity contribution in [2.45, 2.75) is 18.4 Å². The van der Waals surface area contributed by atoms with E-state index in [0.29, 0.717) is 26.1 Å². The van der Waals surface area contributed by atoms with E-state index in [0.717, 1.165) is 6.42 Å². The molecule has 1 aromatic rings. The van der Waals surface area contributed by atoms with Gasteiger partial charge in [0, 0.05) is 33.1 Å². The van der Waals surface area contributed by atoms with Gasteiger partial charge in [0.2, 0.25) is 5.91 Å². The zero-order valence-electron chi connectivity index (χ0n) is 10.9. The number of likely N-dealkylation sites (tertiary alicyclic amines) is 1. The summed E-state index contributed by atoms with van der Waals surface area (Å²) in [5.74, 6) is 0.185. The topological polar surface area (TPSA) is 52.7 Å². The lowest BCUT2D eigenvalue weighted by atomic mass is 9.89. The molecule has 5 nitrogen and oxygen atoms in total. The van der Waals surface area contributed by atoms with Crippen molar-refractivity contribution < 1.29 is 9.59 Å². The molecule has 1 aromatic heterocycles. The zero-order chi connectivity index (χ0) is 13.5. The molecular weight excluding hydrogens is 262 g/mol. The average molecular weight is 279 g/mol. The number of likely N-dealkylation sites (N-methyl/N-ethyl adjacent to an activating group) is 1. The summed E-state index contributed by atoms with van der Waals surface area (Å²) in [6.45, 7) is 1.96. The number of carbonyl (C=O) groups is 2. The molecule has 1 spiro atoms. The van der Waals surface area contributed by atoms with Gasteiger partial charge in [0.25, 0.3) is 0 Å². The third kappa shape index (κ3) is 2.10. The molecule has 0 atom stereocenters. The quantitative estimate of drug-likeness (QED) is 0.894. The van der Waals surface area contributed by atoms with Gasteiger partial charge in [0.05, 0.1) is 5.54 Å². The van der Waals surface area contributed by atoms with Gasteiger partial charge < -0.3 is 15.1 Å². The van der Waals surface area contributed by atoms with Crippen molar-refractivity contribution in [3.05, 3.63) is 22.4 Å². The number of amides is 3. The Labute approximate surface area is 116 Å². The van der Waals surface area contributed by atoms with Gasteiger partial charge in [0.1, 0.15) is 0 Å². The SMILES string of the molecule is CN1C(=O)NCC12CN(C(=O)CCc1ccsc1)C2. The Hall–Kier alpha value is -1.56. The normalized spacial score (nSPS) is 20.6. The van der Waals surface area contributed by atoms with Gasteiger partial charge in [-0.15, -0.1) is 0 Å². The van der Waals surface area contributed by atoms with Crippen molar-refractivity contribution in [1.82, 2.24) is 15.1 Å². The van der Waals surface area contributed by atoms with E-state index in [2.05, 4.69) is 16.8 Å². The maximum Gasteiger partial charge on any atom is 0.317 e.